The normalized spacial score (nSPS) is 25.1. The minimum absolute atomic E-state index is 0.219. The summed E-state index contributed by atoms with van der Waals surface area (Å²) in [5, 5.41) is 0. The van der Waals surface area contributed by atoms with Crippen LogP contribution in [0, 0.1) is 11.8 Å². The number of nitrogens with zero attached hydrogens (tertiary/aromatic N) is 1. The maximum absolute atomic E-state index is 13.7. The quantitative estimate of drug-likeness (QED) is 0.389. The summed E-state index contributed by atoms with van der Waals surface area (Å²) in [6, 6.07) is 22.1. The number of ether oxygens (including phenoxy) is 1. The van der Waals surface area contributed by atoms with Crippen LogP contribution in [-0.4, -0.2) is 29.0 Å². The van der Waals surface area contributed by atoms with Crippen molar-refractivity contribution in [2.45, 2.75) is 11.7 Å². The molecule has 0 aromatic heterocycles. The molecule has 6 rings (SSSR count). The van der Waals surface area contributed by atoms with E-state index in [2.05, 4.69) is 15.9 Å². The molecular formula is C26H16BrNO5. The lowest BCUT2D eigenvalue weighted by Gasteiger charge is -2.27. The number of rotatable bonds is 2. The van der Waals surface area contributed by atoms with Crippen molar-refractivity contribution in [3.8, 4) is 0 Å². The molecule has 0 radical (unpaired) electrons. The number of amides is 2. The average molecular weight is 502 g/mol. The van der Waals surface area contributed by atoms with Crippen molar-refractivity contribution in [1.29, 1.82) is 0 Å². The second-order valence-electron chi connectivity index (χ2n) is 8.38. The molecule has 162 valence electrons. The van der Waals surface area contributed by atoms with Crippen LogP contribution in [0.3, 0.4) is 0 Å². The van der Waals surface area contributed by atoms with Gasteiger partial charge in [-0.3, -0.25) is 19.2 Å². The molecule has 2 fully saturated rings. The number of carbonyl (C=O) groups is 4. The molecule has 7 heteroatoms. The highest BCUT2D eigenvalue weighted by atomic mass is 79.9. The van der Waals surface area contributed by atoms with Gasteiger partial charge in [-0.05, 0) is 29.8 Å². The molecule has 3 aromatic carbocycles. The van der Waals surface area contributed by atoms with Crippen LogP contribution in [0.4, 0.5) is 5.69 Å². The van der Waals surface area contributed by atoms with Crippen molar-refractivity contribution in [2.75, 3.05) is 4.90 Å². The molecule has 3 atom stereocenters. The van der Waals surface area contributed by atoms with Crippen molar-refractivity contribution in [2.24, 2.45) is 11.8 Å². The van der Waals surface area contributed by atoms with Crippen LogP contribution in [0.25, 0.3) is 0 Å². The molecule has 6 nitrogen and oxygen atoms in total. The molecule has 1 aliphatic carbocycles. The van der Waals surface area contributed by atoms with Crippen molar-refractivity contribution in [3.05, 3.63) is 100 Å². The number of anilines is 1. The molecule has 0 saturated carbocycles. The SMILES string of the molecule is O=C1[C@@H]2[C@@H](C(=O)N1c1ccccc1)C1(O[C@H]2c2ccc(Br)cc2)C(=O)c2ccccc2C1=O. The molecule has 0 N–H and O–H groups in total. The monoisotopic (exact) mass is 501 g/mol. The Bertz CT molecular complexity index is 1320. The summed E-state index contributed by atoms with van der Waals surface area (Å²) in [5.74, 6) is -4.43. The first kappa shape index (κ1) is 20.2. The Kier molecular flexibility index (Phi) is 4.31. The highest BCUT2D eigenvalue weighted by molar-refractivity contribution is 9.10. The molecule has 2 aliphatic heterocycles. The van der Waals surface area contributed by atoms with Gasteiger partial charge in [0.1, 0.15) is 0 Å². The molecule has 2 heterocycles. The number of Topliss-reactive ketones (excluding diaryl/α,β-unsaturated/α-hetero) is 2. The van der Waals surface area contributed by atoms with E-state index in [1.165, 1.54) is 0 Å². The van der Waals surface area contributed by atoms with Gasteiger partial charge >= 0.3 is 0 Å². The number of halogens is 1. The minimum atomic E-state index is -2.05. The Morgan fingerprint density at radius 2 is 1.30 bits per heavy atom. The second kappa shape index (κ2) is 7.04. The van der Waals surface area contributed by atoms with Gasteiger partial charge in [0, 0.05) is 15.6 Å². The largest absolute Gasteiger partial charge is 0.349 e. The van der Waals surface area contributed by atoms with Crippen molar-refractivity contribution in [1.82, 2.24) is 0 Å². The van der Waals surface area contributed by atoms with Gasteiger partial charge in [0.05, 0.1) is 23.6 Å². The van der Waals surface area contributed by atoms with Gasteiger partial charge in [0.25, 0.3) is 0 Å². The highest BCUT2D eigenvalue weighted by Crippen LogP contribution is 2.57. The van der Waals surface area contributed by atoms with Crippen LogP contribution in [0.5, 0.6) is 0 Å². The van der Waals surface area contributed by atoms with E-state index in [0.29, 0.717) is 11.3 Å². The third kappa shape index (κ3) is 2.57. The van der Waals surface area contributed by atoms with Crippen molar-refractivity contribution in [3.63, 3.8) is 0 Å². The summed E-state index contributed by atoms with van der Waals surface area (Å²) in [4.78, 5) is 55.8. The smallest absolute Gasteiger partial charge is 0.241 e. The number of benzene rings is 3. The highest BCUT2D eigenvalue weighted by Gasteiger charge is 2.74. The number of carbonyl (C=O) groups excluding carboxylic acids is 4. The predicted molar refractivity (Wildman–Crippen MR) is 122 cm³/mol. The molecule has 3 aromatic rings. The lowest BCUT2D eigenvalue weighted by atomic mass is 9.77. The summed E-state index contributed by atoms with van der Waals surface area (Å²) in [6.07, 6.45) is -0.921. The van der Waals surface area contributed by atoms with E-state index in [4.69, 9.17) is 4.74 Å². The lowest BCUT2D eigenvalue weighted by Crippen LogP contribution is -2.51. The Morgan fingerprint density at radius 3 is 1.91 bits per heavy atom. The summed E-state index contributed by atoms with van der Waals surface area (Å²) < 4.78 is 7.08. The zero-order valence-electron chi connectivity index (χ0n) is 17.1. The first-order valence-electron chi connectivity index (χ1n) is 10.5. The number of fused-ring (bicyclic) bond motifs is 3. The van der Waals surface area contributed by atoms with E-state index in [1.54, 1.807) is 78.9 Å². The van der Waals surface area contributed by atoms with Crippen LogP contribution in [0.1, 0.15) is 32.4 Å². The first-order chi connectivity index (χ1) is 15.9. The summed E-state index contributed by atoms with van der Waals surface area (Å²) in [6.45, 7) is 0. The average Bonchev–Trinajstić information content (AvgIpc) is 3.40. The van der Waals surface area contributed by atoms with E-state index >= 15 is 0 Å². The van der Waals surface area contributed by atoms with Crippen LogP contribution >= 0.6 is 15.9 Å². The van der Waals surface area contributed by atoms with Crippen LogP contribution < -0.4 is 4.90 Å². The van der Waals surface area contributed by atoms with Crippen LogP contribution in [0.15, 0.2) is 83.3 Å². The van der Waals surface area contributed by atoms with Crippen LogP contribution in [-0.2, 0) is 14.3 Å². The standard InChI is InChI=1S/C26H16BrNO5/c27-15-12-10-14(11-13-15)21-19-20(25(32)28(24(19)31)16-6-2-1-3-7-16)26(33-21)22(29)17-8-4-5-9-18(17)23(26)30/h1-13,19-21H/t19-,20+,21+/m1/s1. The number of hydrogen-bond acceptors (Lipinski definition) is 5. The summed E-state index contributed by atoms with van der Waals surface area (Å²) in [5.41, 5.74) is -0.588. The van der Waals surface area contributed by atoms with Gasteiger partial charge in [0.2, 0.25) is 29.0 Å². The number of para-hydroxylation sites is 1. The summed E-state index contributed by atoms with van der Waals surface area (Å²) in [7, 11) is 0. The maximum atomic E-state index is 13.7. The fraction of sp³-hybridized carbons (Fsp3) is 0.154. The molecule has 0 bridgehead atoms. The Morgan fingerprint density at radius 1 is 0.727 bits per heavy atom. The molecule has 33 heavy (non-hydrogen) atoms. The van der Waals surface area contributed by atoms with Gasteiger partial charge in [-0.1, -0.05) is 70.5 Å². The lowest BCUT2D eigenvalue weighted by molar-refractivity contribution is -0.127. The molecule has 3 aliphatic rings. The molecule has 2 saturated heterocycles. The molecule has 1 spiro atoms. The van der Waals surface area contributed by atoms with E-state index in [0.717, 1.165) is 9.37 Å². The Labute approximate surface area is 197 Å². The number of hydrogen-bond donors (Lipinski definition) is 0. The van der Waals surface area contributed by atoms with Gasteiger partial charge in [-0.2, -0.15) is 0 Å². The van der Waals surface area contributed by atoms with E-state index in [-0.39, 0.29) is 11.1 Å². The summed E-state index contributed by atoms with van der Waals surface area (Å²) >= 11 is 3.39. The van der Waals surface area contributed by atoms with E-state index < -0.39 is 46.9 Å². The Hall–Kier alpha value is -3.42. The minimum Gasteiger partial charge on any atom is -0.349 e. The predicted octanol–water partition coefficient (Wildman–Crippen LogP) is 4.14. The topological polar surface area (TPSA) is 80.8 Å². The van der Waals surface area contributed by atoms with Crippen molar-refractivity contribution < 1.29 is 23.9 Å². The second-order valence-corrected chi connectivity index (χ2v) is 9.30. The van der Waals surface area contributed by atoms with Gasteiger partial charge < -0.3 is 4.74 Å². The molecular weight excluding hydrogens is 486 g/mol. The molecule has 2 amide bonds. The van der Waals surface area contributed by atoms with E-state index in [1.807, 2.05) is 0 Å². The fourth-order valence-electron chi connectivity index (χ4n) is 5.30. The number of imide groups is 1. The van der Waals surface area contributed by atoms with Crippen LogP contribution in [0.2, 0.25) is 0 Å². The zero-order chi connectivity index (χ0) is 22.9. The van der Waals surface area contributed by atoms with Gasteiger partial charge in [0.15, 0.2) is 0 Å². The number of ketones is 2. The molecule has 0 unspecified atom stereocenters. The first-order valence-corrected chi connectivity index (χ1v) is 11.3. The Balaban J connectivity index is 1.55. The third-order valence-corrected chi connectivity index (χ3v) is 7.26. The van der Waals surface area contributed by atoms with Gasteiger partial charge in [-0.15, -0.1) is 0 Å². The fourth-order valence-corrected chi connectivity index (χ4v) is 5.57. The zero-order valence-corrected chi connectivity index (χ0v) is 18.7. The van der Waals surface area contributed by atoms with Crippen molar-refractivity contribution >= 4 is 45.0 Å². The van der Waals surface area contributed by atoms with E-state index in [9.17, 15) is 19.2 Å². The van der Waals surface area contributed by atoms with Gasteiger partial charge in [-0.25, -0.2) is 4.90 Å². The maximum Gasteiger partial charge on any atom is 0.241 e. The third-order valence-electron chi connectivity index (χ3n) is 6.73.